The Hall–Kier alpha value is -0.620. The maximum absolute atomic E-state index is 9.73. The van der Waals surface area contributed by atoms with Crippen molar-refractivity contribution in [1.82, 2.24) is 0 Å². The Bertz CT molecular complexity index is 269. The van der Waals surface area contributed by atoms with Crippen molar-refractivity contribution < 1.29 is 24.8 Å². The molecule has 0 spiro atoms. The zero-order chi connectivity index (χ0) is 14.8. The van der Waals surface area contributed by atoms with E-state index in [-0.39, 0.29) is 6.61 Å². The molecule has 5 nitrogen and oxygen atoms in total. The van der Waals surface area contributed by atoms with E-state index in [1.165, 1.54) is 25.7 Å². The van der Waals surface area contributed by atoms with E-state index in [9.17, 15) is 10.2 Å². The van der Waals surface area contributed by atoms with Crippen molar-refractivity contribution in [2.24, 2.45) is 0 Å². The molecule has 0 aromatic carbocycles. The summed E-state index contributed by atoms with van der Waals surface area (Å²) in [6.07, 6.45) is 7.50. The second-order valence-corrected chi connectivity index (χ2v) is 5.29. The predicted molar refractivity (Wildman–Crippen MR) is 76.2 cm³/mol. The van der Waals surface area contributed by atoms with Crippen LogP contribution in [0.4, 0.5) is 0 Å². The highest BCUT2D eigenvalue weighted by molar-refractivity contribution is 4.91. The standard InChI is InChI=1S/C15H28O5/c1-2-3-4-5-6-7-8-9-19-15-13(18)11-20-14(15)12(17)10-16/h8-9,12-18H,2-7,10-11H2,1H3/b9-8+/t12-,13+,14+,15+/m0/s1. The van der Waals surface area contributed by atoms with Crippen molar-refractivity contribution in [3.05, 3.63) is 12.3 Å². The summed E-state index contributed by atoms with van der Waals surface area (Å²) < 4.78 is 10.7. The monoisotopic (exact) mass is 288 g/mol. The van der Waals surface area contributed by atoms with Crippen LogP contribution in [0.15, 0.2) is 12.3 Å². The topological polar surface area (TPSA) is 79.2 Å². The summed E-state index contributed by atoms with van der Waals surface area (Å²) in [7, 11) is 0. The van der Waals surface area contributed by atoms with Crippen molar-refractivity contribution in [3.8, 4) is 0 Å². The molecule has 3 N–H and O–H groups in total. The number of unbranched alkanes of at least 4 members (excludes halogenated alkanes) is 5. The average molecular weight is 288 g/mol. The summed E-state index contributed by atoms with van der Waals surface area (Å²) in [5.74, 6) is 0. The number of aliphatic hydroxyl groups is 3. The van der Waals surface area contributed by atoms with Crippen LogP contribution in [-0.2, 0) is 9.47 Å². The lowest BCUT2D eigenvalue weighted by molar-refractivity contribution is -0.0721. The molecule has 1 aliphatic rings. The molecule has 20 heavy (non-hydrogen) atoms. The molecule has 0 aromatic heterocycles. The first-order chi connectivity index (χ1) is 9.70. The van der Waals surface area contributed by atoms with Crippen molar-refractivity contribution in [3.63, 3.8) is 0 Å². The minimum Gasteiger partial charge on any atom is -0.493 e. The molecule has 0 radical (unpaired) electrons. The van der Waals surface area contributed by atoms with Gasteiger partial charge >= 0.3 is 0 Å². The Morgan fingerprint density at radius 3 is 2.75 bits per heavy atom. The number of ether oxygens (including phenoxy) is 2. The fraction of sp³-hybridized carbons (Fsp3) is 0.867. The molecule has 0 amide bonds. The number of rotatable bonds is 10. The zero-order valence-corrected chi connectivity index (χ0v) is 12.3. The molecule has 0 saturated carbocycles. The Balaban J connectivity index is 2.21. The van der Waals surface area contributed by atoms with Gasteiger partial charge in [-0.05, 0) is 18.9 Å². The van der Waals surface area contributed by atoms with E-state index < -0.39 is 31.0 Å². The van der Waals surface area contributed by atoms with Gasteiger partial charge in [-0.3, -0.25) is 0 Å². The van der Waals surface area contributed by atoms with Gasteiger partial charge in [-0.15, -0.1) is 0 Å². The van der Waals surface area contributed by atoms with Crippen LogP contribution in [0.25, 0.3) is 0 Å². The molecule has 4 atom stereocenters. The third-order valence-electron chi connectivity index (χ3n) is 3.54. The van der Waals surface area contributed by atoms with Gasteiger partial charge in [0, 0.05) is 0 Å². The number of allylic oxidation sites excluding steroid dienone is 1. The lowest BCUT2D eigenvalue weighted by atomic mass is 10.1. The molecule has 1 aliphatic heterocycles. The van der Waals surface area contributed by atoms with Crippen LogP contribution >= 0.6 is 0 Å². The first-order valence-corrected chi connectivity index (χ1v) is 7.59. The number of aliphatic hydroxyl groups excluding tert-OH is 3. The third-order valence-corrected chi connectivity index (χ3v) is 3.54. The molecular formula is C15H28O5. The highest BCUT2D eigenvalue weighted by Crippen LogP contribution is 2.21. The minimum absolute atomic E-state index is 0.122. The van der Waals surface area contributed by atoms with Gasteiger partial charge in [-0.1, -0.05) is 32.6 Å². The lowest BCUT2D eigenvalue weighted by Gasteiger charge is -2.22. The third kappa shape index (κ3) is 5.79. The summed E-state index contributed by atoms with van der Waals surface area (Å²) in [5, 5.41) is 28.2. The predicted octanol–water partition coefficient (Wildman–Crippen LogP) is 1.36. The van der Waals surface area contributed by atoms with Crippen LogP contribution in [-0.4, -0.2) is 52.9 Å². The van der Waals surface area contributed by atoms with Gasteiger partial charge in [0.2, 0.25) is 0 Å². The van der Waals surface area contributed by atoms with E-state index in [1.807, 2.05) is 6.08 Å². The molecule has 1 heterocycles. The number of hydrogen-bond donors (Lipinski definition) is 3. The van der Waals surface area contributed by atoms with Crippen molar-refractivity contribution >= 4 is 0 Å². The van der Waals surface area contributed by atoms with Gasteiger partial charge < -0.3 is 24.8 Å². The average Bonchev–Trinajstić information content (AvgIpc) is 2.82. The fourth-order valence-electron chi connectivity index (χ4n) is 2.30. The molecule has 0 bridgehead atoms. The van der Waals surface area contributed by atoms with E-state index in [0.29, 0.717) is 0 Å². The van der Waals surface area contributed by atoms with Crippen molar-refractivity contribution in [1.29, 1.82) is 0 Å². The van der Waals surface area contributed by atoms with Gasteiger partial charge in [0.15, 0.2) is 6.10 Å². The molecule has 5 heteroatoms. The number of hydrogen-bond acceptors (Lipinski definition) is 5. The molecule has 0 aromatic rings. The Morgan fingerprint density at radius 1 is 1.30 bits per heavy atom. The summed E-state index contributed by atoms with van der Waals surface area (Å²) in [5.41, 5.74) is 0. The van der Waals surface area contributed by atoms with Crippen LogP contribution < -0.4 is 0 Å². The maximum atomic E-state index is 9.73. The second kappa shape index (κ2) is 10.2. The Labute approximate surface area is 121 Å². The molecule has 0 unspecified atom stereocenters. The van der Waals surface area contributed by atoms with E-state index in [1.54, 1.807) is 6.26 Å². The molecule has 118 valence electrons. The largest absolute Gasteiger partial charge is 0.493 e. The molecular weight excluding hydrogens is 260 g/mol. The highest BCUT2D eigenvalue weighted by atomic mass is 16.6. The summed E-state index contributed by atoms with van der Waals surface area (Å²) in [4.78, 5) is 0. The SMILES string of the molecule is CCCCCCC/C=C/O[C@H]1[C@@H]([C@@H](O)CO)OC[C@H]1O. The molecule has 1 fully saturated rings. The van der Waals surface area contributed by atoms with Crippen LogP contribution in [0.5, 0.6) is 0 Å². The molecule has 1 saturated heterocycles. The van der Waals surface area contributed by atoms with Gasteiger partial charge in [0.25, 0.3) is 0 Å². The first kappa shape index (κ1) is 17.4. The quantitative estimate of drug-likeness (QED) is 0.418. The highest BCUT2D eigenvalue weighted by Gasteiger charge is 2.41. The summed E-state index contributed by atoms with van der Waals surface area (Å²) >= 11 is 0. The van der Waals surface area contributed by atoms with Crippen molar-refractivity contribution in [2.45, 2.75) is 69.9 Å². The van der Waals surface area contributed by atoms with Gasteiger partial charge in [0.1, 0.15) is 18.3 Å². The summed E-state index contributed by atoms with van der Waals surface area (Å²) in [6, 6.07) is 0. The fourth-order valence-corrected chi connectivity index (χ4v) is 2.30. The molecule has 0 aliphatic carbocycles. The van der Waals surface area contributed by atoms with E-state index in [2.05, 4.69) is 6.92 Å². The Morgan fingerprint density at radius 2 is 2.05 bits per heavy atom. The normalized spacial score (nSPS) is 28.1. The van der Waals surface area contributed by atoms with Gasteiger partial charge in [-0.2, -0.15) is 0 Å². The molecule has 1 rings (SSSR count). The van der Waals surface area contributed by atoms with E-state index in [4.69, 9.17) is 14.6 Å². The van der Waals surface area contributed by atoms with Crippen molar-refractivity contribution in [2.75, 3.05) is 13.2 Å². The second-order valence-electron chi connectivity index (χ2n) is 5.29. The van der Waals surface area contributed by atoms with Crippen LogP contribution in [0.3, 0.4) is 0 Å². The minimum atomic E-state index is -1.03. The maximum Gasteiger partial charge on any atom is 0.154 e. The van der Waals surface area contributed by atoms with Gasteiger partial charge in [-0.25, -0.2) is 0 Å². The Kier molecular flexibility index (Phi) is 8.85. The zero-order valence-electron chi connectivity index (χ0n) is 12.3. The van der Waals surface area contributed by atoms with Crippen LogP contribution in [0.2, 0.25) is 0 Å². The lowest BCUT2D eigenvalue weighted by Crippen LogP contribution is -2.41. The van der Waals surface area contributed by atoms with E-state index in [0.717, 1.165) is 12.8 Å². The van der Waals surface area contributed by atoms with Gasteiger partial charge in [0.05, 0.1) is 19.5 Å². The van der Waals surface area contributed by atoms with Crippen LogP contribution in [0.1, 0.15) is 45.4 Å². The first-order valence-electron chi connectivity index (χ1n) is 7.59. The van der Waals surface area contributed by atoms with E-state index >= 15 is 0 Å². The summed E-state index contributed by atoms with van der Waals surface area (Å²) in [6.45, 7) is 1.91. The smallest absolute Gasteiger partial charge is 0.154 e. The van der Waals surface area contributed by atoms with Crippen LogP contribution in [0, 0.1) is 0 Å².